The molecule has 3 rings (SSSR count). The third-order valence-electron chi connectivity index (χ3n) is 3.61. The lowest BCUT2D eigenvalue weighted by molar-refractivity contribution is 0.0633. The van der Waals surface area contributed by atoms with Gasteiger partial charge in [-0.05, 0) is 19.1 Å². The molecule has 0 saturated carbocycles. The molecule has 0 N–H and O–H groups in total. The van der Waals surface area contributed by atoms with Crippen LogP contribution in [0, 0.1) is 6.92 Å². The molecular weight excluding hydrogens is 326 g/mol. The summed E-state index contributed by atoms with van der Waals surface area (Å²) in [6.45, 7) is 6.16. The zero-order chi connectivity index (χ0) is 14.8. The van der Waals surface area contributed by atoms with Gasteiger partial charge in [0.05, 0.1) is 15.5 Å². The molecule has 1 amide bonds. The van der Waals surface area contributed by atoms with Crippen molar-refractivity contribution in [2.45, 2.75) is 13.5 Å². The highest BCUT2D eigenvalue weighted by molar-refractivity contribution is 7.16. The monoisotopic (exact) mass is 341 g/mol. The van der Waals surface area contributed by atoms with Crippen molar-refractivity contribution in [3.63, 3.8) is 0 Å². The molecule has 0 bridgehead atoms. The number of nitrogens with zero attached hydrogens (tertiary/aromatic N) is 3. The predicted octanol–water partition coefficient (Wildman–Crippen LogP) is 3.12. The Labute approximate surface area is 137 Å². The highest BCUT2D eigenvalue weighted by Gasteiger charge is 2.24. The first-order chi connectivity index (χ1) is 10.1. The van der Waals surface area contributed by atoms with Crippen molar-refractivity contribution in [2.24, 2.45) is 0 Å². The van der Waals surface area contributed by atoms with Crippen LogP contribution in [-0.2, 0) is 6.54 Å². The smallest absolute Gasteiger partial charge is 0.265 e. The van der Waals surface area contributed by atoms with Gasteiger partial charge in [-0.3, -0.25) is 9.69 Å². The summed E-state index contributed by atoms with van der Waals surface area (Å²) >= 11 is 9.01. The van der Waals surface area contributed by atoms with Gasteiger partial charge < -0.3 is 4.90 Å². The Morgan fingerprint density at radius 1 is 1.33 bits per heavy atom. The van der Waals surface area contributed by atoms with Crippen LogP contribution in [-0.4, -0.2) is 46.9 Å². The van der Waals surface area contributed by atoms with Gasteiger partial charge in [-0.25, -0.2) is 4.98 Å². The fourth-order valence-corrected chi connectivity index (χ4v) is 4.32. The van der Waals surface area contributed by atoms with Gasteiger partial charge in [0.1, 0.15) is 4.88 Å². The van der Waals surface area contributed by atoms with E-state index in [1.54, 1.807) is 16.8 Å². The summed E-state index contributed by atoms with van der Waals surface area (Å²) in [4.78, 5) is 22.9. The molecule has 2 aromatic rings. The minimum absolute atomic E-state index is 0.119. The lowest BCUT2D eigenvalue weighted by Crippen LogP contribution is -2.48. The molecule has 1 saturated heterocycles. The molecule has 0 unspecified atom stereocenters. The Morgan fingerprint density at radius 3 is 2.67 bits per heavy atom. The molecule has 112 valence electrons. The summed E-state index contributed by atoms with van der Waals surface area (Å²) in [5.74, 6) is 0.119. The number of halogens is 1. The van der Waals surface area contributed by atoms with Gasteiger partial charge in [0.25, 0.3) is 5.91 Å². The Morgan fingerprint density at radius 2 is 2.10 bits per heavy atom. The van der Waals surface area contributed by atoms with Crippen LogP contribution < -0.4 is 0 Å². The molecule has 7 heteroatoms. The summed E-state index contributed by atoms with van der Waals surface area (Å²) < 4.78 is 0.833. The maximum atomic E-state index is 12.4. The van der Waals surface area contributed by atoms with E-state index in [4.69, 9.17) is 11.6 Å². The number of thiazole rings is 1. The first-order valence-corrected chi connectivity index (χ1v) is 8.87. The van der Waals surface area contributed by atoms with Crippen LogP contribution in [0.1, 0.15) is 20.2 Å². The average Bonchev–Trinajstić information content (AvgIpc) is 3.08. The van der Waals surface area contributed by atoms with Crippen molar-refractivity contribution < 1.29 is 4.79 Å². The van der Waals surface area contributed by atoms with Crippen molar-refractivity contribution in [1.82, 2.24) is 14.8 Å². The fraction of sp³-hybridized carbons (Fsp3) is 0.429. The molecule has 1 aliphatic rings. The number of hydrogen-bond donors (Lipinski definition) is 0. The van der Waals surface area contributed by atoms with Gasteiger partial charge in [0.2, 0.25) is 0 Å². The highest BCUT2D eigenvalue weighted by atomic mass is 35.5. The number of aryl methyl sites for hydroxylation is 1. The molecule has 0 spiro atoms. The standard InChI is InChI=1S/C14H16ClN3OS2/c1-10-13(20-9-16-10)14(19)18-6-4-17(5-7-18)8-11-2-3-12(15)21-11/h2-3,9H,4-8H2,1H3. The van der Waals surface area contributed by atoms with E-state index in [2.05, 4.69) is 16.0 Å². The van der Waals surface area contributed by atoms with Crippen molar-refractivity contribution in [3.05, 3.63) is 37.4 Å². The normalized spacial score (nSPS) is 16.4. The quantitative estimate of drug-likeness (QED) is 0.860. The summed E-state index contributed by atoms with van der Waals surface area (Å²) in [7, 11) is 0. The van der Waals surface area contributed by atoms with Crippen LogP contribution >= 0.6 is 34.3 Å². The van der Waals surface area contributed by atoms with Gasteiger partial charge in [0.15, 0.2) is 0 Å². The maximum absolute atomic E-state index is 12.4. The Bertz CT molecular complexity index is 632. The SMILES string of the molecule is Cc1ncsc1C(=O)N1CCN(Cc2ccc(Cl)s2)CC1. The zero-order valence-corrected chi connectivity index (χ0v) is 14.1. The summed E-state index contributed by atoms with van der Waals surface area (Å²) in [5.41, 5.74) is 2.57. The fourth-order valence-electron chi connectivity index (χ4n) is 2.42. The Hall–Kier alpha value is -0.950. The predicted molar refractivity (Wildman–Crippen MR) is 87.4 cm³/mol. The number of hydrogen-bond acceptors (Lipinski definition) is 5. The molecule has 4 nitrogen and oxygen atoms in total. The Kier molecular flexibility index (Phi) is 4.59. The van der Waals surface area contributed by atoms with Crippen molar-refractivity contribution in [3.8, 4) is 0 Å². The second-order valence-electron chi connectivity index (χ2n) is 5.04. The van der Waals surface area contributed by atoms with Crippen LogP contribution in [0.5, 0.6) is 0 Å². The van der Waals surface area contributed by atoms with Crippen LogP contribution in [0.2, 0.25) is 4.34 Å². The molecule has 0 radical (unpaired) electrons. The minimum Gasteiger partial charge on any atom is -0.335 e. The number of carbonyl (C=O) groups excluding carboxylic acids is 1. The van der Waals surface area contributed by atoms with E-state index >= 15 is 0 Å². The first-order valence-electron chi connectivity index (χ1n) is 6.79. The van der Waals surface area contributed by atoms with E-state index in [1.807, 2.05) is 17.9 Å². The first kappa shape index (κ1) is 15.0. The highest BCUT2D eigenvalue weighted by Crippen LogP contribution is 2.23. The third-order valence-corrected chi connectivity index (χ3v) is 5.74. The van der Waals surface area contributed by atoms with Gasteiger partial charge in [-0.1, -0.05) is 11.6 Å². The number of aromatic nitrogens is 1. The van der Waals surface area contributed by atoms with Gasteiger partial charge in [-0.15, -0.1) is 22.7 Å². The van der Waals surface area contributed by atoms with Crippen LogP contribution in [0.4, 0.5) is 0 Å². The van der Waals surface area contributed by atoms with E-state index in [9.17, 15) is 4.79 Å². The second-order valence-corrected chi connectivity index (χ2v) is 7.70. The van der Waals surface area contributed by atoms with E-state index in [-0.39, 0.29) is 5.91 Å². The van der Waals surface area contributed by atoms with Crippen LogP contribution in [0.3, 0.4) is 0 Å². The minimum atomic E-state index is 0.119. The molecule has 21 heavy (non-hydrogen) atoms. The number of piperazine rings is 1. The van der Waals surface area contributed by atoms with E-state index in [0.29, 0.717) is 0 Å². The van der Waals surface area contributed by atoms with Crippen molar-refractivity contribution >= 4 is 40.2 Å². The molecule has 1 aliphatic heterocycles. The maximum Gasteiger partial charge on any atom is 0.265 e. The lowest BCUT2D eigenvalue weighted by Gasteiger charge is -2.34. The molecular formula is C14H16ClN3OS2. The zero-order valence-electron chi connectivity index (χ0n) is 11.7. The molecule has 2 aromatic heterocycles. The molecule has 1 fully saturated rings. The number of rotatable bonds is 3. The van der Waals surface area contributed by atoms with E-state index in [1.165, 1.54) is 16.2 Å². The molecule has 0 atom stereocenters. The molecule has 0 aliphatic carbocycles. The molecule has 0 aromatic carbocycles. The van der Waals surface area contributed by atoms with Crippen molar-refractivity contribution in [1.29, 1.82) is 0 Å². The average molecular weight is 342 g/mol. The van der Waals surface area contributed by atoms with Crippen LogP contribution in [0.25, 0.3) is 0 Å². The van der Waals surface area contributed by atoms with Crippen molar-refractivity contribution in [2.75, 3.05) is 26.2 Å². The number of thiophene rings is 1. The summed E-state index contributed by atoms with van der Waals surface area (Å²) in [5, 5.41) is 0. The Balaban J connectivity index is 1.55. The van der Waals surface area contributed by atoms with Gasteiger partial charge >= 0.3 is 0 Å². The third kappa shape index (κ3) is 3.45. The van der Waals surface area contributed by atoms with E-state index in [0.717, 1.165) is 47.6 Å². The number of amides is 1. The summed E-state index contributed by atoms with van der Waals surface area (Å²) in [6, 6.07) is 4.01. The van der Waals surface area contributed by atoms with E-state index < -0.39 is 0 Å². The molecule has 3 heterocycles. The van der Waals surface area contributed by atoms with Gasteiger partial charge in [0, 0.05) is 37.6 Å². The van der Waals surface area contributed by atoms with Crippen LogP contribution in [0.15, 0.2) is 17.6 Å². The summed E-state index contributed by atoms with van der Waals surface area (Å²) in [6.07, 6.45) is 0. The topological polar surface area (TPSA) is 36.4 Å². The number of carbonyl (C=O) groups is 1. The lowest BCUT2D eigenvalue weighted by atomic mass is 10.2. The van der Waals surface area contributed by atoms with Gasteiger partial charge in [-0.2, -0.15) is 0 Å². The largest absolute Gasteiger partial charge is 0.335 e. The second kappa shape index (κ2) is 6.44.